The lowest BCUT2D eigenvalue weighted by Crippen LogP contribution is -2.19. The predicted molar refractivity (Wildman–Crippen MR) is 55.0 cm³/mol. The molecule has 0 N–H and O–H groups in total. The lowest BCUT2D eigenvalue weighted by molar-refractivity contribution is 0.673. The second kappa shape index (κ2) is 3.89. The van der Waals surface area contributed by atoms with E-state index in [4.69, 9.17) is 0 Å². The van der Waals surface area contributed by atoms with E-state index in [1.807, 2.05) is 18.7 Å². The van der Waals surface area contributed by atoms with Gasteiger partial charge in [-0.05, 0) is 6.42 Å². The van der Waals surface area contributed by atoms with Crippen LogP contribution in [0, 0.1) is 0 Å². The van der Waals surface area contributed by atoms with Crippen LogP contribution in [0.1, 0.15) is 6.42 Å². The van der Waals surface area contributed by atoms with E-state index < -0.39 is 8.07 Å². The van der Waals surface area contributed by atoms with Gasteiger partial charge in [0.05, 0.1) is 6.33 Å². The minimum Gasteiger partial charge on any atom is -0.338 e. The van der Waals surface area contributed by atoms with Crippen LogP contribution < -0.4 is 0 Å². The molecule has 0 saturated heterocycles. The number of imidazole rings is 1. The monoisotopic (exact) mass is 182 g/mol. The summed E-state index contributed by atoms with van der Waals surface area (Å²) in [5, 5.41) is 0. The molecule has 0 amide bonds. The Hall–Kier alpha value is -0.573. The van der Waals surface area contributed by atoms with E-state index in [1.54, 1.807) is 0 Å². The van der Waals surface area contributed by atoms with Crippen molar-refractivity contribution in [1.82, 2.24) is 9.55 Å². The van der Waals surface area contributed by atoms with Crippen molar-refractivity contribution in [2.24, 2.45) is 0 Å². The molecular formula is C9H18N2Si. The van der Waals surface area contributed by atoms with E-state index in [1.165, 1.54) is 12.5 Å². The van der Waals surface area contributed by atoms with Gasteiger partial charge in [-0.25, -0.2) is 4.98 Å². The fraction of sp³-hybridized carbons (Fsp3) is 0.667. The highest BCUT2D eigenvalue weighted by Gasteiger charge is 2.11. The highest BCUT2D eigenvalue weighted by molar-refractivity contribution is 6.76. The number of hydrogen-bond donors (Lipinski definition) is 0. The zero-order valence-electron chi connectivity index (χ0n) is 8.25. The molecule has 3 heteroatoms. The van der Waals surface area contributed by atoms with Crippen LogP contribution in [0.15, 0.2) is 18.7 Å². The van der Waals surface area contributed by atoms with Crippen LogP contribution in [0.4, 0.5) is 0 Å². The van der Waals surface area contributed by atoms with E-state index >= 15 is 0 Å². The van der Waals surface area contributed by atoms with Crippen molar-refractivity contribution in [1.29, 1.82) is 0 Å². The Labute approximate surface area is 75.6 Å². The van der Waals surface area contributed by atoms with Crippen LogP contribution >= 0.6 is 0 Å². The smallest absolute Gasteiger partial charge is 0.0945 e. The molecule has 0 spiro atoms. The first-order valence-corrected chi connectivity index (χ1v) is 8.24. The summed E-state index contributed by atoms with van der Waals surface area (Å²) in [5.41, 5.74) is 0. The first-order valence-electron chi connectivity index (χ1n) is 4.54. The van der Waals surface area contributed by atoms with E-state index in [0.717, 1.165) is 6.54 Å². The molecule has 0 saturated carbocycles. The Morgan fingerprint density at radius 2 is 2.08 bits per heavy atom. The van der Waals surface area contributed by atoms with E-state index in [-0.39, 0.29) is 0 Å². The molecule has 0 aromatic carbocycles. The lowest BCUT2D eigenvalue weighted by Gasteiger charge is -2.15. The third-order valence-corrected chi connectivity index (χ3v) is 3.76. The molecule has 1 aromatic rings. The standard InChI is InChI=1S/C9H18N2Si/c1-12(2,3)8-4-6-11-7-5-10-9-11/h5,7,9H,4,6,8H2,1-3H3. The van der Waals surface area contributed by atoms with Crippen molar-refractivity contribution in [2.75, 3.05) is 0 Å². The van der Waals surface area contributed by atoms with E-state index in [9.17, 15) is 0 Å². The van der Waals surface area contributed by atoms with Crippen LogP contribution in [0.3, 0.4) is 0 Å². The van der Waals surface area contributed by atoms with Crippen molar-refractivity contribution in [2.45, 2.75) is 38.7 Å². The van der Waals surface area contributed by atoms with Crippen molar-refractivity contribution in [3.63, 3.8) is 0 Å². The highest BCUT2D eigenvalue weighted by atomic mass is 28.3. The van der Waals surface area contributed by atoms with Gasteiger partial charge in [-0.1, -0.05) is 25.7 Å². The van der Waals surface area contributed by atoms with Crippen molar-refractivity contribution in [3.05, 3.63) is 18.7 Å². The molecule has 0 aliphatic carbocycles. The van der Waals surface area contributed by atoms with Crippen LogP contribution in [0.2, 0.25) is 25.7 Å². The number of rotatable bonds is 4. The molecule has 68 valence electrons. The van der Waals surface area contributed by atoms with Gasteiger partial charge >= 0.3 is 0 Å². The summed E-state index contributed by atoms with van der Waals surface area (Å²) < 4.78 is 2.15. The summed E-state index contributed by atoms with van der Waals surface area (Å²) >= 11 is 0. The summed E-state index contributed by atoms with van der Waals surface area (Å²) in [5.74, 6) is 0. The molecule has 0 aliphatic rings. The first kappa shape index (κ1) is 9.51. The minimum atomic E-state index is -0.824. The fourth-order valence-electron chi connectivity index (χ4n) is 1.21. The molecule has 0 radical (unpaired) electrons. The number of hydrogen-bond acceptors (Lipinski definition) is 1. The number of nitrogens with zero attached hydrogens (tertiary/aromatic N) is 2. The number of aryl methyl sites for hydroxylation is 1. The van der Waals surface area contributed by atoms with Gasteiger partial charge in [0, 0.05) is 27.0 Å². The Morgan fingerprint density at radius 3 is 2.58 bits per heavy atom. The van der Waals surface area contributed by atoms with E-state index in [2.05, 4.69) is 29.2 Å². The largest absolute Gasteiger partial charge is 0.338 e. The molecule has 0 aliphatic heterocycles. The van der Waals surface area contributed by atoms with Crippen LogP contribution in [0.5, 0.6) is 0 Å². The Bertz CT molecular complexity index is 211. The van der Waals surface area contributed by atoms with Gasteiger partial charge in [0.1, 0.15) is 0 Å². The van der Waals surface area contributed by atoms with Crippen LogP contribution in [-0.2, 0) is 6.54 Å². The average Bonchev–Trinajstić information content (AvgIpc) is 2.36. The Balaban J connectivity index is 2.20. The maximum atomic E-state index is 4.01. The minimum absolute atomic E-state index is 0.824. The molecule has 1 heterocycles. The SMILES string of the molecule is C[Si](C)(C)CCCn1ccnc1. The molecule has 1 rings (SSSR count). The topological polar surface area (TPSA) is 17.8 Å². The second-order valence-electron chi connectivity index (χ2n) is 4.46. The summed E-state index contributed by atoms with van der Waals surface area (Å²) in [6.07, 6.45) is 7.06. The third kappa shape index (κ3) is 3.71. The molecule has 0 unspecified atom stereocenters. The van der Waals surface area contributed by atoms with Crippen LogP contribution in [-0.4, -0.2) is 17.6 Å². The van der Waals surface area contributed by atoms with Crippen LogP contribution in [0.25, 0.3) is 0 Å². The maximum Gasteiger partial charge on any atom is 0.0945 e. The van der Waals surface area contributed by atoms with Crippen molar-refractivity contribution < 1.29 is 0 Å². The van der Waals surface area contributed by atoms with Gasteiger partial charge in [0.25, 0.3) is 0 Å². The van der Waals surface area contributed by atoms with Gasteiger partial charge in [0.15, 0.2) is 0 Å². The molecule has 1 aromatic heterocycles. The second-order valence-corrected chi connectivity index (χ2v) is 10.1. The normalized spacial score (nSPS) is 11.9. The van der Waals surface area contributed by atoms with Gasteiger partial charge < -0.3 is 4.57 Å². The van der Waals surface area contributed by atoms with Gasteiger partial charge in [-0.2, -0.15) is 0 Å². The lowest BCUT2D eigenvalue weighted by atomic mass is 10.5. The number of aromatic nitrogens is 2. The molecule has 0 fully saturated rings. The predicted octanol–water partition coefficient (Wildman–Crippen LogP) is 2.61. The molecular weight excluding hydrogens is 164 g/mol. The highest BCUT2D eigenvalue weighted by Crippen LogP contribution is 2.11. The third-order valence-electron chi connectivity index (χ3n) is 1.90. The average molecular weight is 182 g/mol. The zero-order valence-corrected chi connectivity index (χ0v) is 9.25. The Morgan fingerprint density at radius 1 is 1.33 bits per heavy atom. The van der Waals surface area contributed by atoms with E-state index in [0.29, 0.717) is 0 Å². The van der Waals surface area contributed by atoms with Crippen molar-refractivity contribution >= 4 is 8.07 Å². The molecule has 12 heavy (non-hydrogen) atoms. The maximum absolute atomic E-state index is 4.01. The molecule has 2 nitrogen and oxygen atoms in total. The summed E-state index contributed by atoms with van der Waals surface area (Å²) in [4.78, 5) is 4.01. The fourth-order valence-corrected chi connectivity index (χ4v) is 2.43. The van der Waals surface area contributed by atoms with Crippen molar-refractivity contribution in [3.8, 4) is 0 Å². The Kier molecular flexibility index (Phi) is 3.09. The zero-order chi connectivity index (χ0) is 9.03. The quantitative estimate of drug-likeness (QED) is 0.655. The van der Waals surface area contributed by atoms with Gasteiger partial charge in [-0.15, -0.1) is 0 Å². The summed E-state index contributed by atoms with van der Waals surface area (Å²) in [7, 11) is -0.824. The first-order chi connectivity index (χ1) is 5.58. The molecule has 0 atom stereocenters. The summed E-state index contributed by atoms with van der Waals surface area (Å²) in [6, 6.07) is 1.41. The molecule has 0 bridgehead atoms. The van der Waals surface area contributed by atoms with Gasteiger partial charge in [0.2, 0.25) is 0 Å². The summed E-state index contributed by atoms with van der Waals surface area (Å²) in [6.45, 7) is 8.38. The van der Waals surface area contributed by atoms with Gasteiger partial charge in [-0.3, -0.25) is 0 Å².